The molecule has 0 saturated carbocycles. The van der Waals surface area contributed by atoms with Gasteiger partial charge in [0.05, 0.1) is 16.9 Å². The minimum Gasteiger partial charge on any atom is -0.367 e. The van der Waals surface area contributed by atoms with Crippen LogP contribution in [0.5, 0.6) is 0 Å². The molecular formula is C14H11ClF3N5O. The Balaban J connectivity index is 2.08. The first-order chi connectivity index (χ1) is 11.2. The lowest BCUT2D eigenvalue weighted by Crippen LogP contribution is -2.21. The normalized spacial score (nSPS) is 11.2. The summed E-state index contributed by atoms with van der Waals surface area (Å²) >= 11 is 5.79. The first-order valence-electron chi connectivity index (χ1n) is 6.66. The summed E-state index contributed by atoms with van der Waals surface area (Å²) in [5, 5.41) is 11.6. The Morgan fingerprint density at radius 3 is 2.71 bits per heavy atom. The molecule has 0 aliphatic carbocycles. The van der Waals surface area contributed by atoms with Gasteiger partial charge in [-0.2, -0.15) is 23.4 Å². The highest BCUT2D eigenvalue weighted by Gasteiger charge is 2.31. The maximum atomic E-state index is 12.5. The molecule has 0 unspecified atom stereocenters. The number of nitrogens with zero attached hydrogens (tertiary/aromatic N) is 4. The van der Waals surface area contributed by atoms with Crippen LogP contribution in [0.25, 0.3) is 0 Å². The number of halogens is 4. The summed E-state index contributed by atoms with van der Waals surface area (Å²) in [6.07, 6.45) is -2.53. The molecule has 0 spiro atoms. The zero-order chi connectivity index (χ0) is 17.9. The number of nitrogens with one attached hydrogen (secondary N) is 1. The van der Waals surface area contributed by atoms with E-state index in [2.05, 4.69) is 15.3 Å². The van der Waals surface area contributed by atoms with Crippen molar-refractivity contribution in [3.63, 3.8) is 0 Å². The van der Waals surface area contributed by atoms with Gasteiger partial charge >= 0.3 is 6.18 Å². The van der Waals surface area contributed by atoms with Crippen LogP contribution < -0.4 is 10.9 Å². The maximum absolute atomic E-state index is 12.5. The van der Waals surface area contributed by atoms with E-state index in [4.69, 9.17) is 16.9 Å². The molecule has 0 bridgehead atoms. The van der Waals surface area contributed by atoms with E-state index < -0.39 is 17.3 Å². The maximum Gasteiger partial charge on any atom is 0.417 e. The van der Waals surface area contributed by atoms with Crippen molar-refractivity contribution in [1.82, 2.24) is 14.5 Å². The molecule has 0 aliphatic heterocycles. The number of alkyl halides is 3. The molecule has 0 fully saturated rings. The van der Waals surface area contributed by atoms with Crippen LogP contribution in [0.4, 0.5) is 19.0 Å². The largest absolute Gasteiger partial charge is 0.417 e. The third-order valence-electron chi connectivity index (χ3n) is 3.25. The second-order valence-corrected chi connectivity index (χ2v) is 5.20. The fourth-order valence-corrected chi connectivity index (χ4v) is 2.18. The summed E-state index contributed by atoms with van der Waals surface area (Å²) in [7, 11) is 0. The lowest BCUT2D eigenvalue weighted by molar-refractivity contribution is -0.137. The predicted octanol–water partition coefficient (Wildman–Crippen LogP) is 2.60. The SMILES string of the molecule is Cc1c(C#N)c(=O)ncn1CCNc1ncc(C(F)(F)F)cc1Cl. The zero-order valence-electron chi connectivity index (χ0n) is 12.4. The van der Waals surface area contributed by atoms with E-state index in [9.17, 15) is 18.0 Å². The molecule has 0 saturated heterocycles. The molecule has 0 aromatic carbocycles. The molecule has 2 aromatic rings. The van der Waals surface area contributed by atoms with E-state index in [0.717, 1.165) is 6.07 Å². The fourth-order valence-electron chi connectivity index (χ4n) is 1.94. The van der Waals surface area contributed by atoms with Gasteiger partial charge in [-0.05, 0) is 13.0 Å². The monoisotopic (exact) mass is 357 g/mol. The van der Waals surface area contributed by atoms with Crippen molar-refractivity contribution in [3.05, 3.63) is 50.8 Å². The first kappa shape index (κ1) is 17.7. The van der Waals surface area contributed by atoms with Crippen LogP contribution >= 0.6 is 11.6 Å². The summed E-state index contributed by atoms with van der Waals surface area (Å²) in [6.45, 7) is 2.17. The van der Waals surface area contributed by atoms with Gasteiger partial charge in [-0.25, -0.2) is 4.98 Å². The quantitative estimate of drug-likeness (QED) is 0.909. The fraction of sp³-hybridized carbons (Fsp3) is 0.286. The third kappa shape index (κ3) is 3.83. The topological polar surface area (TPSA) is 83.6 Å². The summed E-state index contributed by atoms with van der Waals surface area (Å²) in [5.74, 6) is 0.108. The molecule has 2 heterocycles. The Morgan fingerprint density at radius 2 is 2.12 bits per heavy atom. The highest BCUT2D eigenvalue weighted by atomic mass is 35.5. The van der Waals surface area contributed by atoms with Gasteiger partial charge in [0.15, 0.2) is 0 Å². The first-order valence-corrected chi connectivity index (χ1v) is 7.04. The number of aromatic nitrogens is 3. The predicted molar refractivity (Wildman–Crippen MR) is 80.7 cm³/mol. The molecule has 6 nitrogen and oxygen atoms in total. The third-order valence-corrected chi connectivity index (χ3v) is 3.53. The number of anilines is 1. The van der Waals surface area contributed by atoms with Gasteiger partial charge in [-0.15, -0.1) is 0 Å². The average molecular weight is 358 g/mol. The Labute approximate surface area is 139 Å². The van der Waals surface area contributed by atoms with Crippen molar-refractivity contribution >= 4 is 17.4 Å². The van der Waals surface area contributed by atoms with E-state index in [1.165, 1.54) is 6.33 Å². The lowest BCUT2D eigenvalue weighted by Gasteiger charge is -2.13. The Bertz CT molecular complexity index is 857. The number of nitriles is 1. The molecule has 0 radical (unpaired) electrons. The van der Waals surface area contributed by atoms with E-state index in [-0.39, 0.29) is 22.9 Å². The van der Waals surface area contributed by atoms with Crippen molar-refractivity contribution in [2.75, 3.05) is 11.9 Å². The van der Waals surface area contributed by atoms with Crippen molar-refractivity contribution in [2.45, 2.75) is 19.6 Å². The van der Waals surface area contributed by atoms with E-state index in [1.807, 2.05) is 0 Å². The van der Waals surface area contributed by atoms with Crippen LogP contribution in [-0.2, 0) is 12.7 Å². The summed E-state index contributed by atoms with van der Waals surface area (Å²) in [4.78, 5) is 18.6. The minimum absolute atomic E-state index is 0.0526. The smallest absolute Gasteiger partial charge is 0.367 e. The highest BCUT2D eigenvalue weighted by Crippen LogP contribution is 2.32. The molecule has 24 heavy (non-hydrogen) atoms. The molecular weight excluding hydrogens is 347 g/mol. The summed E-state index contributed by atoms with van der Waals surface area (Å²) < 4.78 is 39.2. The number of pyridine rings is 1. The van der Waals surface area contributed by atoms with Crippen molar-refractivity contribution in [3.8, 4) is 6.07 Å². The van der Waals surface area contributed by atoms with Gasteiger partial charge in [0.1, 0.15) is 17.5 Å². The number of hydrogen-bond donors (Lipinski definition) is 1. The van der Waals surface area contributed by atoms with Crippen LogP contribution in [0.2, 0.25) is 5.02 Å². The molecule has 126 valence electrons. The number of hydrogen-bond acceptors (Lipinski definition) is 5. The Morgan fingerprint density at radius 1 is 1.42 bits per heavy atom. The molecule has 10 heteroatoms. The van der Waals surface area contributed by atoms with Gasteiger partial charge in [-0.3, -0.25) is 4.79 Å². The standard InChI is InChI=1S/C14H11ClF3N5O/c1-8-10(5-19)13(24)22-7-23(8)3-2-20-12-11(15)4-9(6-21-12)14(16,17)18/h4,6-7H,2-3H2,1H3,(H,20,21). The molecule has 0 atom stereocenters. The zero-order valence-corrected chi connectivity index (χ0v) is 13.1. The molecule has 0 amide bonds. The number of rotatable bonds is 4. The van der Waals surface area contributed by atoms with Crippen molar-refractivity contribution in [2.24, 2.45) is 0 Å². The van der Waals surface area contributed by atoms with Gasteiger partial charge < -0.3 is 9.88 Å². The second-order valence-electron chi connectivity index (χ2n) is 4.79. The van der Waals surface area contributed by atoms with Crippen LogP contribution in [0.15, 0.2) is 23.4 Å². The van der Waals surface area contributed by atoms with Gasteiger partial charge in [0.25, 0.3) is 5.56 Å². The molecule has 2 aromatic heterocycles. The van der Waals surface area contributed by atoms with E-state index in [1.54, 1.807) is 17.6 Å². The molecule has 0 aliphatic rings. The summed E-state index contributed by atoms with van der Waals surface area (Å²) in [6, 6.07) is 2.57. The Hall–Kier alpha value is -2.60. The average Bonchev–Trinajstić information content (AvgIpc) is 2.50. The molecule has 1 N–H and O–H groups in total. The van der Waals surface area contributed by atoms with E-state index in [0.29, 0.717) is 18.4 Å². The van der Waals surface area contributed by atoms with Gasteiger partial charge in [0, 0.05) is 25.0 Å². The van der Waals surface area contributed by atoms with Crippen molar-refractivity contribution in [1.29, 1.82) is 5.26 Å². The van der Waals surface area contributed by atoms with Gasteiger partial charge in [-0.1, -0.05) is 11.6 Å². The van der Waals surface area contributed by atoms with Gasteiger partial charge in [0.2, 0.25) is 0 Å². The van der Waals surface area contributed by atoms with Crippen LogP contribution in [-0.4, -0.2) is 21.1 Å². The van der Waals surface area contributed by atoms with Crippen LogP contribution in [0.3, 0.4) is 0 Å². The van der Waals surface area contributed by atoms with Crippen LogP contribution in [0, 0.1) is 18.3 Å². The molecule has 2 rings (SSSR count). The minimum atomic E-state index is -4.51. The highest BCUT2D eigenvalue weighted by molar-refractivity contribution is 6.32. The summed E-state index contributed by atoms with van der Waals surface area (Å²) in [5.41, 5.74) is -1.14. The second kappa shape index (κ2) is 6.88. The van der Waals surface area contributed by atoms with Crippen molar-refractivity contribution < 1.29 is 13.2 Å². The van der Waals surface area contributed by atoms with E-state index >= 15 is 0 Å². The lowest BCUT2D eigenvalue weighted by atomic mass is 10.2. The Kier molecular flexibility index (Phi) is 5.09. The van der Waals surface area contributed by atoms with Crippen LogP contribution in [0.1, 0.15) is 16.8 Å².